The third-order valence-electron chi connectivity index (χ3n) is 3.34. The molecule has 0 aliphatic heterocycles. The molecule has 0 fully saturated rings. The van der Waals surface area contributed by atoms with E-state index in [4.69, 9.17) is 5.73 Å². The van der Waals surface area contributed by atoms with Crippen molar-refractivity contribution in [1.82, 2.24) is 4.31 Å². The summed E-state index contributed by atoms with van der Waals surface area (Å²) < 4.78 is 27.0. The van der Waals surface area contributed by atoms with E-state index in [-0.39, 0.29) is 5.41 Å². The molecule has 0 bridgehead atoms. The lowest BCUT2D eigenvalue weighted by molar-refractivity contribution is 0.273. The Labute approximate surface area is 123 Å². The molecule has 1 rings (SSSR count). The first kappa shape index (κ1) is 17.1. The molecule has 0 saturated carbocycles. The summed E-state index contributed by atoms with van der Waals surface area (Å²) in [6.45, 7) is 10.9. The van der Waals surface area contributed by atoms with Crippen LogP contribution in [0.15, 0.2) is 23.1 Å². The van der Waals surface area contributed by atoms with E-state index in [0.717, 1.165) is 11.1 Å². The summed E-state index contributed by atoms with van der Waals surface area (Å²) in [6, 6.07) is 5.42. The Morgan fingerprint density at radius 3 is 2.05 bits per heavy atom. The van der Waals surface area contributed by atoms with Crippen molar-refractivity contribution in [1.29, 1.82) is 0 Å². The maximum absolute atomic E-state index is 12.7. The molecule has 0 amide bonds. The average Bonchev–Trinajstić information content (AvgIpc) is 2.34. The minimum Gasteiger partial charge on any atom is -0.330 e. The van der Waals surface area contributed by atoms with Gasteiger partial charge >= 0.3 is 0 Å². The van der Waals surface area contributed by atoms with Gasteiger partial charge in [-0.15, -0.1) is 0 Å². The number of sulfonamides is 1. The molecule has 2 N–H and O–H groups in total. The van der Waals surface area contributed by atoms with Gasteiger partial charge in [0.15, 0.2) is 0 Å². The van der Waals surface area contributed by atoms with E-state index in [1.165, 1.54) is 4.31 Å². The van der Waals surface area contributed by atoms with Gasteiger partial charge in [0.1, 0.15) is 0 Å². The topological polar surface area (TPSA) is 63.4 Å². The van der Waals surface area contributed by atoms with Crippen LogP contribution >= 0.6 is 0 Å². The van der Waals surface area contributed by atoms with Crippen LogP contribution in [0.4, 0.5) is 0 Å². The summed E-state index contributed by atoms with van der Waals surface area (Å²) in [6.07, 6.45) is 0. The molecule has 0 atom stereocenters. The van der Waals surface area contributed by atoms with Crippen molar-refractivity contribution >= 4 is 10.0 Å². The van der Waals surface area contributed by atoms with Crippen molar-refractivity contribution in [3.63, 3.8) is 0 Å². The molecule has 0 radical (unpaired) electrons. The smallest absolute Gasteiger partial charge is 0.243 e. The number of nitrogens with two attached hydrogens (primary N) is 1. The first-order valence-corrected chi connectivity index (χ1v) is 8.35. The van der Waals surface area contributed by atoms with Crippen molar-refractivity contribution in [2.24, 2.45) is 11.1 Å². The summed E-state index contributed by atoms with van der Waals surface area (Å²) in [5.41, 5.74) is 7.40. The summed E-state index contributed by atoms with van der Waals surface area (Å²) in [7, 11) is -3.46. The number of hydrogen-bond donors (Lipinski definition) is 1. The van der Waals surface area contributed by atoms with Gasteiger partial charge in [-0.1, -0.05) is 26.8 Å². The summed E-state index contributed by atoms with van der Waals surface area (Å²) in [5, 5.41) is 0. The minimum absolute atomic E-state index is 0.234. The zero-order valence-electron chi connectivity index (χ0n) is 13.1. The molecule has 4 nitrogen and oxygen atoms in total. The summed E-state index contributed by atoms with van der Waals surface area (Å²) in [5.74, 6) is 0. The van der Waals surface area contributed by atoms with E-state index in [2.05, 4.69) is 0 Å². The lowest BCUT2D eigenvalue weighted by Crippen LogP contribution is -2.41. The second-order valence-corrected chi connectivity index (χ2v) is 8.06. The number of hydrogen-bond acceptors (Lipinski definition) is 3. The maximum atomic E-state index is 12.7. The van der Waals surface area contributed by atoms with Crippen molar-refractivity contribution in [2.45, 2.75) is 39.5 Å². The summed E-state index contributed by atoms with van der Waals surface area (Å²) in [4.78, 5) is 0.365. The predicted molar refractivity (Wildman–Crippen MR) is 83.2 cm³/mol. The van der Waals surface area contributed by atoms with Crippen molar-refractivity contribution in [3.8, 4) is 0 Å². The molecule has 0 spiro atoms. The molecule has 1 aromatic carbocycles. The fraction of sp³-hybridized carbons (Fsp3) is 0.600. The highest BCUT2D eigenvalue weighted by atomic mass is 32.2. The number of nitrogens with zero attached hydrogens (tertiary/aromatic N) is 1. The molecule has 20 heavy (non-hydrogen) atoms. The van der Waals surface area contributed by atoms with Gasteiger partial charge in [0.05, 0.1) is 4.90 Å². The molecular weight excluding hydrogens is 272 g/mol. The molecule has 0 aliphatic carbocycles. The van der Waals surface area contributed by atoms with Crippen LogP contribution in [0, 0.1) is 19.3 Å². The summed E-state index contributed by atoms with van der Waals surface area (Å²) >= 11 is 0. The Bertz CT molecular complexity index is 545. The Kier molecular flexibility index (Phi) is 5.35. The van der Waals surface area contributed by atoms with Gasteiger partial charge in [-0.3, -0.25) is 0 Å². The van der Waals surface area contributed by atoms with Crippen LogP contribution in [-0.2, 0) is 10.0 Å². The van der Waals surface area contributed by atoms with Gasteiger partial charge in [0.2, 0.25) is 10.0 Å². The minimum atomic E-state index is -3.46. The second kappa shape index (κ2) is 6.24. The van der Waals surface area contributed by atoms with Gasteiger partial charge in [-0.05, 0) is 49.1 Å². The van der Waals surface area contributed by atoms with E-state index in [9.17, 15) is 8.42 Å². The van der Waals surface area contributed by atoms with Gasteiger partial charge in [-0.25, -0.2) is 8.42 Å². The lowest BCUT2D eigenvalue weighted by atomic mass is 9.94. The standard InChI is InChI=1S/C15H26N2O2S/c1-6-17(11-15(4,5)10-16)20(18,19)14-8-12(2)7-13(3)9-14/h7-9H,6,10-11,16H2,1-5H3. The molecule has 114 valence electrons. The molecule has 0 heterocycles. The molecule has 5 heteroatoms. The second-order valence-electron chi connectivity index (χ2n) is 6.12. The number of aryl methyl sites for hydroxylation is 2. The fourth-order valence-corrected chi connectivity index (χ4v) is 3.97. The van der Waals surface area contributed by atoms with Crippen LogP contribution in [0.3, 0.4) is 0 Å². The molecule has 1 aromatic rings. The van der Waals surface area contributed by atoms with Crippen molar-refractivity contribution in [3.05, 3.63) is 29.3 Å². The normalized spacial score (nSPS) is 12.9. The van der Waals surface area contributed by atoms with Gasteiger partial charge in [0, 0.05) is 13.1 Å². The van der Waals surface area contributed by atoms with Crippen LogP contribution in [0.1, 0.15) is 31.9 Å². The van der Waals surface area contributed by atoms with E-state index in [0.29, 0.717) is 24.5 Å². The molecule has 0 unspecified atom stereocenters. The zero-order chi connectivity index (χ0) is 15.6. The first-order chi connectivity index (χ1) is 9.12. The van der Waals surface area contributed by atoms with E-state index < -0.39 is 10.0 Å². The largest absolute Gasteiger partial charge is 0.330 e. The van der Waals surface area contributed by atoms with Crippen LogP contribution in [0.25, 0.3) is 0 Å². The van der Waals surface area contributed by atoms with Crippen LogP contribution in [0.2, 0.25) is 0 Å². The SMILES string of the molecule is CCN(CC(C)(C)CN)S(=O)(=O)c1cc(C)cc(C)c1. The van der Waals surface area contributed by atoms with Gasteiger partial charge in [-0.2, -0.15) is 4.31 Å². The Balaban J connectivity index is 3.18. The van der Waals surface area contributed by atoms with Crippen LogP contribution in [-0.4, -0.2) is 32.4 Å². The van der Waals surface area contributed by atoms with Gasteiger partial charge < -0.3 is 5.73 Å². The first-order valence-electron chi connectivity index (χ1n) is 6.91. The lowest BCUT2D eigenvalue weighted by Gasteiger charge is -2.30. The Morgan fingerprint density at radius 1 is 1.15 bits per heavy atom. The number of benzene rings is 1. The van der Waals surface area contributed by atoms with Crippen LogP contribution in [0.5, 0.6) is 0 Å². The van der Waals surface area contributed by atoms with E-state index in [1.807, 2.05) is 40.7 Å². The average molecular weight is 298 g/mol. The quantitative estimate of drug-likeness (QED) is 0.876. The van der Waals surface area contributed by atoms with Crippen molar-refractivity contribution < 1.29 is 8.42 Å². The Morgan fingerprint density at radius 2 is 1.65 bits per heavy atom. The molecule has 0 aliphatic rings. The highest BCUT2D eigenvalue weighted by Gasteiger charge is 2.29. The maximum Gasteiger partial charge on any atom is 0.243 e. The van der Waals surface area contributed by atoms with Crippen molar-refractivity contribution in [2.75, 3.05) is 19.6 Å². The van der Waals surface area contributed by atoms with E-state index >= 15 is 0 Å². The predicted octanol–water partition coefficient (Wildman–Crippen LogP) is 2.30. The third kappa shape index (κ3) is 4.04. The van der Waals surface area contributed by atoms with E-state index in [1.54, 1.807) is 12.1 Å². The Hall–Kier alpha value is -0.910. The highest BCUT2D eigenvalue weighted by Crippen LogP contribution is 2.23. The molecule has 0 aromatic heterocycles. The monoisotopic (exact) mass is 298 g/mol. The molecular formula is C15H26N2O2S. The zero-order valence-corrected chi connectivity index (χ0v) is 13.9. The third-order valence-corrected chi connectivity index (χ3v) is 5.24. The molecule has 0 saturated heterocycles. The van der Waals surface area contributed by atoms with Gasteiger partial charge in [0.25, 0.3) is 0 Å². The highest BCUT2D eigenvalue weighted by molar-refractivity contribution is 7.89. The fourth-order valence-electron chi connectivity index (χ4n) is 2.14. The number of rotatable bonds is 6. The van der Waals surface area contributed by atoms with Crippen LogP contribution < -0.4 is 5.73 Å².